The first kappa shape index (κ1) is 13.1. The molecule has 98 valence electrons. The molecule has 0 saturated carbocycles. The van der Waals surface area contributed by atoms with Gasteiger partial charge in [-0.3, -0.25) is 4.79 Å². The van der Waals surface area contributed by atoms with E-state index >= 15 is 0 Å². The van der Waals surface area contributed by atoms with Crippen LogP contribution in [-0.4, -0.2) is 11.4 Å². The van der Waals surface area contributed by atoms with Crippen molar-refractivity contribution < 1.29 is 14.1 Å². The Morgan fingerprint density at radius 3 is 2.58 bits per heavy atom. The average Bonchev–Trinajstić information content (AvgIpc) is 2.75. The van der Waals surface area contributed by atoms with E-state index in [1.807, 2.05) is 26.0 Å². The third-order valence-corrected chi connectivity index (χ3v) is 2.93. The molecule has 0 N–H and O–H groups in total. The predicted molar refractivity (Wildman–Crippen MR) is 71.8 cm³/mol. The average molecular weight is 257 g/mol. The van der Waals surface area contributed by atoms with Gasteiger partial charge in [0.05, 0.1) is 11.3 Å². The van der Waals surface area contributed by atoms with Gasteiger partial charge in [0, 0.05) is 5.57 Å². The Kier molecular flexibility index (Phi) is 3.80. The number of hydrogen-bond donors (Lipinski definition) is 0. The van der Waals surface area contributed by atoms with E-state index in [0.29, 0.717) is 12.2 Å². The van der Waals surface area contributed by atoms with Gasteiger partial charge in [-0.15, -0.1) is 0 Å². The number of aryl methyl sites for hydroxylation is 2. The van der Waals surface area contributed by atoms with Gasteiger partial charge in [0.15, 0.2) is 0 Å². The van der Waals surface area contributed by atoms with E-state index in [-0.39, 0.29) is 0 Å². The fourth-order valence-corrected chi connectivity index (χ4v) is 1.70. The summed E-state index contributed by atoms with van der Waals surface area (Å²) in [4.78, 5) is 10.6. The molecule has 0 radical (unpaired) electrons. The summed E-state index contributed by atoms with van der Waals surface area (Å²) < 4.78 is 10.7. The van der Waals surface area contributed by atoms with Crippen LogP contribution in [0.25, 0.3) is 5.57 Å². The van der Waals surface area contributed by atoms with Crippen LogP contribution < -0.4 is 4.74 Å². The minimum absolute atomic E-state index is 0.412. The van der Waals surface area contributed by atoms with Crippen molar-refractivity contribution in [1.82, 2.24) is 5.16 Å². The van der Waals surface area contributed by atoms with Crippen molar-refractivity contribution in [2.24, 2.45) is 0 Å². The lowest BCUT2D eigenvalue weighted by molar-refractivity contribution is -0.103. The maximum absolute atomic E-state index is 10.6. The standard InChI is InChI=1S/C15H15NO3/c1-10(8-17)13-4-6-14(7-5-13)18-9-15-11(2)16-19-12(15)3/h4-8H,1,9H2,2-3H3. The van der Waals surface area contributed by atoms with Crippen LogP contribution in [0, 0.1) is 13.8 Å². The number of rotatable bonds is 5. The molecule has 1 aromatic carbocycles. The number of aldehydes is 1. The lowest BCUT2D eigenvalue weighted by atomic mass is 10.1. The van der Waals surface area contributed by atoms with Gasteiger partial charge in [-0.25, -0.2) is 0 Å². The van der Waals surface area contributed by atoms with Crippen molar-refractivity contribution in [2.75, 3.05) is 0 Å². The van der Waals surface area contributed by atoms with E-state index in [1.54, 1.807) is 12.1 Å². The van der Waals surface area contributed by atoms with Crippen LogP contribution in [0.4, 0.5) is 0 Å². The van der Waals surface area contributed by atoms with E-state index in [1.165, 1.54) is 0 Å². The fraction of sp³-hybridized carbons (Fsp3) is 0.200. The minimum atomic E-state index is 0.412. The Morgan fingerprint density at radius 2 is 2.05 bits per heavy atom. The van der Waals surface area contributed by atoms with E-state index in [9.17, 15) is 4.79 Å². The van der Waals surface area contributed by atoms with Gasteiger partial charge >= 0.3 is 0 Å². The third-order valence-electron chi connectivity index (χ3n) is 2.93. The van der Waals surface area contributed by atoms with Crippen LogP contribution in [0.2, 0.25) is 0 Å². The summed E-state index contributed by atoms with van der Waals surface area (Å²) in [7, 11) is 0. The first-order valence-electron chi connectivity index (χ1n) is 5.91. The fourth-order valence-electron chi connectivity index (χ4n) is 1.70. The van der Waals surface area contributed by atoms with Crippen molar-refractivity contribution in [1.29, 1.82) is 0 Å². The van der Waals surface area contributed by atoms with E-state index in [0.717, 1.165) is 34.6 Å². The smallest absolute Gasteiger partial charge is 0.150 e. The van der Waals surface area contributed by atoms with Crippen LogP contribution in [0.3, 0.4) is 0 Å². The van der Waals surface area contributed by atoms with Crippen LogP contribution in [-0.2, 0) is 11.4 Å². The second-order valence-electron chi connectivity index (χ2n) is 4.26. The van der Waals surface area contributed by atoms with E-state index in [2.05, 4.69) is 11.7 Å². The van der Waals surface area contributed by atoms with E-state index in [4.69, 9.17) is 9.26 Å². The minimum Gasteiger partial charge on any atom is -0.489 e. The summed E-state index contributed by atoms with van der Waals surface area (Å²) in [5, 5.41) is 3.87. The van der Waals surface area contributed by atoms with Crippen molar-refractivity contribution in [3.8, 4) is 5.75 Å². The Labute approximate surface area is 111 Å². The molecule has 2 rings (SSSR count). The highest BCUT2D eigenvalue weighted by Gasteiger charge is 2.09. The van der Waals surface area contributed by atoms with Crippen LogP contribution in [0.15, 0.2) is 35.4 Å². The summed E-state index contributed by atoms with van der Waals surface area (Å²) in [6.45, 7) is 7.80. The zero-order valence-corrected chi connectivity index (χ0v) is 11.0. The predicted octanol–water partition coefficient (Wildman–Crippen LogP) is 3.08. The highest BCUT2D eigenvalue weighted by Crippen LogP contribution is 2.19. The van der Waals surface area contributed by atoms with Gasteiger partial charge in [-0.05, 0) is 31.5 Å². The molecule has 0 aliphatic rings. The molecule has 0 atom stereocenters. The number of allylic oxidation sites excluding steroid dienone is 1. The monoisotopic (exact) mass is 257 g/mol. The van der Waals surface area contributed by atoms with Crippen LogP contribution in [0.1, 0.15) is 22.6 Å². The number of aromatic nitrogens is 1. The molecule has 0 fully saturated rings. The lowest BCUT2D eigenvalue weighted by Crippen LogP contribution is -1.97. The largest absolute Gasteiger partial charge is 0.489 e. The molecule has 1 aromatic heterocycles. The van der Waals surface area contributed by atoms with Crippen molar-refractivity contribution in [2.45, 2.75) is 20.5 Å². The quantitative estimate of drug-likeness (QED) is 0.610. The molecule has 0 aliphatic heterocycles. The summed E-state index contributed by atoms with van der Waals surface area (Å²) >= 11 is 0. The maximum atomic E-state index is 10.6. The zero-order chi connectivity index (χ0) is 13.8. The molecule has 0 aliphatic carbocycles. The molecular formula is C15H15NO3. The second-order valence-corrected chi connectivity index (χ2v) is 4.26. The highest BCUT2D eigenvalue weighted by atomic mass is 16.5. The van der Waals surface area contributed by atoms with Crippen LogP contribution in [0.5, 0.6) is 5.75 Å². The second kappa shape index (κ2) is 5.52. The number of carbonyl (C=O) groups is 1. The number of nitrogens with zero attached hydrogens (tertiary/aromatic N) is 1. The van der Waals surface area contributed by atoms with Crippen LogP contribution >= 0.6 is 0 Å². The first-order valence-corrected chi connectivity index (χ1v) is 5.91. The molecule has 0 saturated heterocycles. The van der Waals surface area contributed by atoms with Gasteiger partial charge < -0.3 is 9.26 Å². The SMILES string of the molecule is C=C(C=O)c1ccc(OCc2c(C)noc2C)cc1. The van der Waals surface area contributed by atoms with Crippen molar-refractivity contribution >= 4 is 11.9 Å². The molecule has 4 nitrogen and oxygen atoms in total. The summed E-state index contributed by atoms with van der Waals surface area (Å²) in [5.41, 5.74) is 3.04. The van der Waals surface area contributed by atoms with Gasteiger partial charge in [-0.1, -0.05) is 23.9 Å². The molecule has 1 heterocycles. The van der Waals surface area contributed by atoms with Gasteiger partial charge in [0.2, 0.25) is 0 Å². The van der Waals surface area contributed by atoms with Gasteiger partial charge in [0.25, 0.3) is 0 Å². The topological polar surface area (TPSA) is 52.3 Å². The van der Waals surface area contributed by atoms with Gasteiger partial charge in [-0.2, -0.15) is 0 Å². The molecule has 4 heteroatoms. The lowest BCUT2D eigenvalue weighted by Gasteiger charge is -2.06. The Morgan fingerprint density at radius 1 is 1.37 bits per heavy atom. The van der Waals surface area contributed by atoms with Crippen molar-refractivity contribution in [3.63, 3.8) is 0 Å². The number of benzene rings is 1. The Bertz CT molecular complexity index is 577. The molecule has 2 aromatic rings. The number of hydrogen-bond acceptors (Lipinski definition) is 4. The first-order chi connectivity index (χ1) is 9.11. The number of ether oxygens (including phenoxy) is 1. The van der Waals surface area contributed by atoms with Crippen molar-refractivity contribution in [3.05, 3.63) is 53.4 Å². The molecular weight excluding hydrogens is 242 g/mol. The summed E-state index contributed by atoms with van der Waals surface area (Å²) in [6, 6.07) is 7.23. The summed E-state index contributed by atoms with van der Waals surface area (Å²) in [5.74, 6) is 1.49. The Hall–Kier alpha value is -2.36. The molecule has 19 heavy (non-hydrogen) atoms. The molecule has 0 amide bonds. The molecule has 0 spiro atoms. The normalized spacial score (nSPS) is 10.2. The van der Waals surface area contributed by atoms with E-state index < -0.39 is 0 Å². The molecule has 0 unspecified atom stereocenters. The maximum Gasteiger partial charge on any atom is 0.150 e. The molecule has 0 bridgehead atoms. The zero-order valence-electron chi connectivity index (χ0n) is 11.0. The number of carbonyl (C=O) groups excluding carboxylic acids is 1. The Balaban J connectivity index is 2.04. The highest BCUT2D eigenvalue weighted by molar-refractivity contribution is 6.05. The van der Waals surface area contributed by atoms with Gasteiger partial charge in [0.1, 0.15) is 24.4 Å². The third kappa shape index (κ3) is 2.91. The summed E-state index contributed by atoms with van der Waals surface area (Å²) in [6.07, 6.45) is 0.736.